The van der Waals surface area contributed by atoms with Gasteiger partial charge in [-0.25, -0.2) is 4.79 Å². The van der Waals surface area contributed by atoms with E-state index in [2.05, 4.69) is 11.9 Å². The Morgan fingerprint density at radius 1 is 1.73 bits per heavy atom. The summed E-state index contributed by atoms with van der Waals surface area (Å²) in [5, 5.41) is 2.18. The van der Waals surface area contributed by atoms with E-state index in [4.69, 9.17) is 0 Å². The van der Waals surface area contributed by atoms with Crippen LogP contribution in [-0.4, -0.2) is 29.9 Å². The van der Waals surface area contributed by atoms with E-state index >= 15 is 0 Å². The van der Waals surface area contributed by atoms with Gasteiger partial charge in [-0.2, -0.15) is 0 Å². The minimum atomic E-state index is -0.321. The quantitative estimate of drug-likeness (QED) is 0.453. The van der Waals surface area contributed by atoms with Crippen LogP contribution in [0, 0.1) is 0 Å². The first-order valence-electron chi connectivity index (χ1n) is 3.32. The molecule has 0 bridgehead atoms. The maximum atomic E-state index is 10.9. The lowest BCUT2D eigenvalue weighted by Crippen LogP contribution is -2.29. The van der Waals surface area contributed by atoms with Crippen LogP contribution in [0.2, 0.25) is 0 Å². The van der Waals surface area contributed by atoms with E-state index < -0.39 is 0 Å². The first kappa shape index (κ1) is 7.78. The molecular formula is C7H10N2O2. The summed E-state index contributed by atoms with van der Waals surface area (Å²) in [4.78, 5) is 22.9. The number of rotatable bonds is 2. The van der Waals surface area contributed by atoms with Gasteiger partial charge in [0.15, 0.2) is 0 Å². The maximum Gasteiger partial charge on any atom is 0.324 e. The molecule has 11 heavy (non-hydrogen) atoms. The number of carbonyl (C=O) groups is 2. The molecule has 0 atom stereocenters. The normalized spacial score (nSPS) is 17.0. The van der Waals surface area contributed by atoms with E-state index in [9.17, 15) is 9.59 Å². The number of nitrogens with one attached hydrogen (secondary N) is 1. The van der Waals surface area contributed by atoms with Crippen LogP contribution in [0.5, 0.6) is 0 Å². The van der Waals surface area contributed by atoms with Crippen LogP contribution in [-0.2, 0) is 4.79 Å². The fraction of sp³-hybridized carbons (Fsp3) is 0.429. The van der Waals surface area contributed by atoms with Crippen molar-refractivity contribution in [2.24, 2.45) is 0 Å². The number of hydrogen-bond donors (Lipinski definition) is 1. The fourth-order valence-corrected chi connectivity index (χ4v) is 0.937. The molecule has 1 N–H and O–H groups in total. The van der Waals surface area contributed by atoms with Crippen LogP contribution in [0.1, 0.15) is 6.92 Å². The predicted molar refractivity (Wildman–Crippen MR) is 39.9 cm³/mol. The van der Waals surface area contributed by atoms with Crippen molar-refractivity contribution in [1.29, 1.82) is 0 Å². The van der Waals surface area contributed by atoms with Gasteiger partial charge < -0.3 is 4.90 Å². The average Bonchev–Trinajstić information content (AvgIpc) is 2.09. The number of urea groups is 1. The van der Waals surface area contributed by atoms with Crippen LogP contribution < -0.4 is 5.32 Å². The van der Waals surface area contributed by atoms with E-state index in [-0.39, 0.29) is 18.5 Å². The molecule has 0 aliphatic carbocycles. The monoisotopic (exact) mass is 154 g/mol. The second-order valence-electron chi connectivity index (χ2n) is 2.67. The van der Waals surface area contributed by atoms with Gasteiger partial charge in [0, 0.05) is 6.54 Å². The van der Waals surface area contributed by atoms with Gasteiger partial charge in [0.05, 0.1) is 0 Å². The molecule has 1 aliphatic heterocycles. The Morgan fingerprint density at radius 3 is 2.73 bits per heavy atom. The molecule has 0 saturated carbocycles. The number of carbonyl (C=O) groups excluding carboxylic acids is 2. The van der Waals surface area contributed by atoms with Crippen LogP contribution in [0.25, 0.3) is 0 Å². The molecular weight excluding hydrogens is 144 g/mol. The highest BCUT2D eigenvalue weighted by Gasteiger charge is 2.25. The van der Waals surface area contributed by atoms with Gasteiger partial charge in [-0.1, -0.05) is 12.2 Å². The lowest BCUT2D eigenvalue weighted by Gasteiger charge is -2.11. The molecule has 1 aliphatic rings. The molecule has 4 heteroatoms. The van der Waals surface area contributed by atoms with Crippen LogP contribution in [0.15, 0.2) is 12.2 Å². The second-order valence-corrected chi connectivity index (χ2v) is 2.67. The lowest BCUT2D eigenvalue weighted by molar-refractivity contribution is -0.118. The minimum Gasteiger partial charge on any atom is -0.311 e. The molecule has 0 aromatic carbocycles. The Bertz CT molecular complexity index is 222. The third kappa shape index (κ3) is 1.80. The van der Waals surface area contributed by atoms with Gasteiger partial charge in [-0.15, -0.1) is 0 Å². The summed E-state index contributed by atoms with van der Waals surface area (Å²) in [7, 11) is 0. The standard InChI is InChI=1S/C7H10N2O2/c1-5(2)3-9-4-6(10)8-7(9)11/h1,3-4H2,2H3,(H,8,10,11). The summed E-state index contributed by atoms with van der Waals surface area (Å²) in [6.45, 7) is 6.08. The second kappa shape index (κ2) is 2.74. The largest absolute Gasteiger partial charge is 0.324 e. The SMILES string of the molecule is C=C(C)CN1CC(=O)NC1=O. The topological polar surface area (TPSA) is 49.4 Å². The van der Waals surface area contributed by atoms with Crippen molar-refractivity contribution in [3.8, 4) is 0 Å². The van der Waals surface area contributed by atoms with E-state index in [1.165, 1.54) is 4.90 Å². The highest BCUT2D eigenvalue weighted by atomic mass is 16.2. The maximum absolute atomic E-state index is 10.9. The predicted octanol–water partition coefficient (Wildman–Crippen LogP) is 0.114. The van der Waals surface area contributed by atoms with Gasteiger partial charge in [-0.05, 0) is 6.92 Å². The summed E-state index contributed by atoms with van der Waals surface area (Å²) in [6.07, 6.45) is 0. The van der Waals surface area contributed by atoms with Crippen molar-refractivity contribution in [1.82, 2.24) is 10.2 Å². The molecule has 0 aromatic rings. The summed E-state index contributed by atoms with van der Waals surface area (Å²) in [5.41, 5.74) is 0.870. The van der Waals surface area contributed by atoms with Gasteiger partial charge >= 0.3 is 6.03 Å². The van der Waals surface area contributed by atoms with Crippen molar-refractivity contribution in [2.45, 2.75) is 6.92 Å². The van der Waals surface area contributed by atoms with Crippen LogP contribution >= 0.6 is 0 Å². The molecule has 60 valence electrons. The molecule has 1 saturated heterocycles. The molecule has 1 rings (SSSR count). The van der Waals surface area contributed by atoms with Crippen molar-refractivity contribution in [3.05, 3.63) is 12.2 Å². The van der Waals surface area contributed by atoms with E-state index in [1.54, 1.807) is 0 Å². The first-order chi connectivity index (χ1) is 5.09. The third-order valence-corrected chi connectivity index (χ3v) is 1.33. The van der Waals surface area contributed by atoms with Crippen molar-refractivity contribution < 1.29 is 9.59 Å². The molecule has 0 aromatic heterocycles. The fourth-order valence-electron chi connectivity index (χ4n) is 0.937. The highest BCUT2D eigenvalue weighted by molar-refractivity contribution is 6.01. The zero-order chi connectivity index (χ0) is 8.43. The number of amides is 3. The summed E-state index contributed by atoms with van der Waals surface area (Å²) >= 11 is 0. The average molecular weight is 154 g/mol. The Morgan fingerprint density at radius 2 is 2.36 bits per heavy atom. The number of hydrogen-bond acceptors (Lipinski definition) is 2. The van der Waals surface area contributed by atoms with Gasteiger partial charge in [0.1, 0.15) is 6.54 Å². The smallest absolute Gasteiger partial charge is 0.311 e. The molecule has 1 fully saturated rings. The van der Waals surface area contributed by atoms with Crippen LogP contribution in [0.4, 0.5) is 4.79 Å². The van der Waals surface area contributed by atoms with Crippen molar-refractivity contribution in [2.75, 3.05) is 13.1 Å². The summed E-state index contributed by atoms with van der Waals surface area (Å²) in [6, 6.07) is -0.321. The first-order valence-corrected chi connectivity index (χ1v) is 3.32. The van der Waals surface area contributed by atoms with Gasteiger partial charge in [0.2, 0.25) is 5.91 Å². The third-order valence-electron chi connectivity index (χ3n) is 1.33. The molecule has 0 unspecified atom stereocenters. The Hall–Kier alpha value is -1.32. The van der Waals surface area contributed by atoms with Crippen molar-refractivity contribution in [3.63, 3.8) is 0 Å². The molecule has 4 nitrogen and oxygen atoms in total. The highest BCUT2D eigenvalue weighted by Crippen LogP contribution is 2.00. The number of nitrogens with zero attached hydrogens (tertiary/aromatic N) is 1. The van der Waals surface area contributed by atoms with E-state index in [1.807, 2.05) is 6.92 Å². The Kier molecular flexibility index (Phi) is 1.94. The van der Waals surface area contributed by atoms with Gasteiger partial charge in [-0.3, -0.25) is 10.1 Å². The van der Waals surface area contributed by atoms with Crippen molar-refractivity contribution >= 4 is 11.9 Å². The molecule has 1 heterocycles. The minimum absolute atomic E-state index is 0.158. The van der Waals surface area contributed by atoms with Gasteiger partial charge in [0.25, 0.3) is 0 Å². The van der Waals surface area contributed by atoms with E-state index in [0.29, 0.717) is 6.54 Å². The Balaban J connectivity index is 2.53. The molecule has 3 amide bonds. The molecule has 0 radical (unpaired) electrons. The summed E-state index contributed by atoms with van der Waals surface area (Å²) in [5.74, 6) is -0.240. The van der Waals surface area contributed by atoms with E-state index in [0.717, 1.165) is 5.57 Å². The zero-order valence-corrected chi connectivity index (χ0v) is 6.39. The number of imide groups is 1. The van der Waals surface area contributed by atoms with Crippen LogP contribution in [0.3, 0.4) is 0 Å². The molecule has 0 spiro atoms. The Labute approximate surface area is 64.9 Å². The summed E-state index contributed by atoms with van der Waals surface area (Å²) < 4.78 is 0. The zero-order valence-electron chi connectivity index (χ0n) is 6.39. The lowest BCUT2D eigenvalue weighted by atomic mass is 10.3.